The first-order chi connectivity index (χ1) is 9.73. The number of aryl methyl sites for hydroxylation is 1. The van der Waals surface area contributed by atoms with Gasteiger partial charge in [-0.05, 0) is 27.7 Å². The Labute approximate surface area is 126 Å². The fourth-order valence-corrected chi connectivity index (χ4v) is 2.44. The molecule has 1 radical (unpaired) electrons. The van der Waals surface area contributed by atoms with Gasteiger partial charge in [0.1, 0.15) is 12.1 Å². The number of hydrogen-bond acceptors (Lipinski definition) is 2. The third-order valence-corrected chi connectivity index (χ3v) is 4.82. The highest BCUT2D eigenvalue weighted by atomic mass is 16.5. The lowest BCUT2D eigenvalue weighted by Gasteiger charge is -2.32. The molecule has 0 bridgehead atoms. The average molecular weight is 291 g/mol. The second-order valence-electron chi connectivity index (χ2n) is 6.71. The van der Waals surface area contributed by atoms with Crippen LogP contribution < -0.4 is 4.57 Å². The van der Waals surface area contributed by atoms with Crippen LogP contribution in [0.3, 0.4) is 0 Å². The molecule has 0 unspecified atom stereocenters. The molecule has 0 spiro atoms. The van der Waals surface area contributed by atoms with Crippen molar-refractivity contribution >= 4 is 5.84 Å². The van der Waals surface area contributed by atoms with Crippen molar-refractivity contribution in [1.82, 2.24) is 5.06 Å². The number of aromatic nitrogens is 1. The first-order valence-corrected chi connectivity index (χ1v) is 7.54. The van der Waals surface area contributed by atoms with Gasteiger partial charge in [-0.25, -0.2) is 4.57 Å². The van der Waals surface area contributed by atoms with Crippen LogP contribution in [0.4, 0.5) is 0 Å². The minimum absolute atomic E-state index is 0.202. The lowest BCUT2D eigenvalue weighted by molar-refractivity contribution is -0.697. The highest BCUT2D eigenvalue weighted by Crippen LogP contribution is 2.37. The summed E-state index contributed by atoms with van der Waals surface area (Å²) in [5, 5.41) is 25.9. The molecule has 115 valence electrons. The fraction of sp³-hybridized carbons (Fsp3) is 0.625. The zero-order valence-corrected chi connectivity index (χ0v) is 13.6. The average Bonchev–Trinajstić information content (AvgIpc) is 2.56. The number of rotatable bonds is 4. The predicted molar refractivity (Wildman–Crippen MR) is 80.0 cm³/mol. The van der Waals surface area contributed by atoms with E-state index in [0.29, 0.717) is 5.56 Å². The zero-order valence-electron chi connectivity index (χ0n) is 13.6. The second kappa shape index (κ2) is 5.30. The molecule has 21 heavy (non-hydrogen) atoms. The molecule has 0 fully saturated rings. The molecule has 0 amide bonds. The number of unbranched alkanes of at least 4 members (excludes halogenated alkanes) is 1. The Kier molecular flexibility index (Phi) is 3.97. The van der Waals surface area contributed by atoms with Crippen molar-refractivity contribution in [1.29, 1.82) is 0 Å². The highest BCUT2D eigenvalue weighted by Gasteiger charge is 2.59. The van der Waals surface area contributed by atoms with E-state index in [1.54, 1.807) is 0 Å². The maximum Gasteiger partial charge on any atom is 0.317 e. The Hall–Kier alpha value is -1.62. The number of nitrogens with zero attached hydrogens (tertiary/aromatic N) is 3. The molecule has 1 aliphatic rings. The second-order valence-corrected chi connectivity index (χ2v) is 6.71. The van der Waals surface area contributed by atoms with Crippen LogP contribution in [0.1, 0.15) is 53.0 Å². The Morgan fingerprint density at radius 3 is 2.19 bits per heavy atom. The van der Waals surface area contributed by atoms with Gasteiger partial charge in [0.25, 0.3) is 0 Å². The summed E-state index contributed by atoms with van der Waals surface area (Å²) < 4.78 is 2.93. The van der Waals surface area contributed by atoms with Crippen molar-refractivity contribution in [3.05, 3.63) is 35.3 Å². The van der Waals surface area contributed by atoms with Gasteiger partial charge in [0.15, 0.2) is 17.9 Å². The van der Waals surface area contributed by atoms with E-state index in [4.69, 9.17) is 0 Å². The summed E-state index contributed by atoms with van der Waals surface area (Å²) in [5.41, 5.74) is -0.859. The first-order valence-electron chi connectivity index (χ1n) is 7.54. The molecule has 2 heterocycles. The quantitative estimate of drug-likeness (QED) is 0.631. The van der Waals surface area contributed by atoms with Gasteiger partial charge in [-0.2, -0.15) is 0 Å². The molecule has 1 aromatic rings. The van der Waals surface area contributed by atoms with E-state index in [-0.39, 0.29) is 5.84 Å². The molecule has 0 saturated carbocycles. The number of pyridine rings is 1. The summed E-state index contributed by atoms with van der Waals surface area (Å²) in [5.74, 6) is 0.202. The first kappa shape index (κ1) is 15.8. The minimum Gasteiger partial charge on any atom is -0.714 e. The van der Waals surface area contributed by atoms with Gasteiger partial charge in [-0.15, -0.1) is 0 Å². The van der Waals surface area contributed by atoms with Crippen LogP contribution in [-0.2, 0) is 11.8 Å². The van der Waals surface area contributed by atoms with Gasteiger partial charge in [0.2, 0.25) is 0 Å². The van der Waals surface area contributed by atoms with Crippen molar-refractivity contribution in [2.24, 2.45) is 0 Å². The van der Waals surface area contributed by atoms with Crippen LogP contribution in [0.25, 0.3) is 0 Å². The molecule has 2 rings (SSSR count). The minimum atomic E-state index is -0.766. The maximum atomic E-state index is 12.5. The van der Waals surface area contributed by atoms with Crippen molar-refractivity contribution in [3.63, 3.8) is 0 Å². The topological polar surface area (TPSA) is 53.1 Å². The van der Waals surface area contributed by atoms with E-state index in [0.717, 1.165) is 29.2 Å². The Morgan fingerprint density at radius 2 is 1.76 bits per heavy atom. The summed E-state index contributed by atoms with van der Waals surface area (Å²) >= 11 is 0. The van der Waals surface area contributed by atoms with E-state index in [9.17, 15) is 10.4 Å². The van der Waals surface area contributed by atoms with Gasteiger partial charge in [-0.1, -0.05) is 18.4 Å². The largest absolute Gasteiger partial charge is 0.714 e. The van der Waals surface area contributed by atoms with E-state index in [1.165, 1.54) is 0 Å². The van der Waals surface area contributed by atoms with Crippen molar-refractivity contribution in [2.75, 3.05) is 0 Å². The molecular weight excluding hydrogens is 266 g/mol. The van der Waals surface area contributed by atoms with Gasteiger partial charge < -0.3 is 5.21 Å². The number of hydroxylamine groups is 3. The molecule has 0 N–H and O–H groups in total. The summed E-state index contributed by atoms with van der Waals surface area (Å²) in [6.07, 6.45) is 6.11. The fourth-order valence-electron chi connectivity index (χ4n) is 2.44. The third-order valence-electron chi connectivity index (χ3n) is 4.82. The van der Waals surface area contributed by atoms with Gasteiger partial charge in [-0.3, -0.25) is 4.74 Å². The van der Waals surface area contributed by atoms with Crippen molar-refractivity contribution < 1.29 is 14.5 Å². The predicted octanol–water partition coefficient (Wildman–Crippen LogP) is 2.25. The standard InChI is InChI=1S/C16H25N3O2/c1-6-7-10-17-11-8-13(9-12-17)14-18(20)15(2,3)16(4,5)19(14)21/h8-9,11-12H,6-7,10H2,1-5H3/q+1. The number of hydrogen-bond donors (Lipinski definition) is 0. The lowest BCUT2D eigenvalue weighted by Crippen LogP contribution is -2.53. The van der Waals surface area contributed by atoms with Gasteiger partial charge in [0.05, 0.1) is 5.56 Å². The summed E-state index contributed by atoms with van der Waals surface area (Å²) in [4.78, 5) is 0. The Morgan fingerprint density at radius 1 is 1.19 bits per heavy atom. The zero-order chi connectivity index (χ0) is 15.8. The molecule has 1 aliphatic heterocycles. The molecule has 1 aromatic heterocycles. The molecule has 5 heteroatoms. The van der Waals surface area contributed by atoms with Gasteiger partial charge in [0, 0.05) is 23.8 Å². The van der Waals surface area contributed by atoms with E-state index in [2.05, 4.69) is 11.5 Å². The Bertz CT molecular complexity index is 547. The summed E-state index contributed by atoms with van der Waals surface area (Å²) in [6.45, 7) is 10.3. The van der Waals surface area contributed by atoms with Gasteiger partial charge >= 0.3 is 5.84 Å². The normalized spacial score (nSPS) is 20.2. The maximum absolute atomic E-state index is 12.5. The summed E-state index contributed by atoms with van der Waals surface area (Å²) in [7, 11) is 0. The molecule has 0 atom stereocenters. The lowest BCUT2D eigenvalue weighted by atomic mass is 9.84. The van der Waals surface area contributed by atoms with E-state index < -0.39 is 11.1 Å². The SMILES string of the molecule is CCCC[n+]1ccc(C2=[N+]([O-])C(C)(C)C(C)(C)N2[O])cc1. The van der Waals surface area contributed by atoms with Crippen LogP contribution in [-0.4, -0.2) is 26.7 Å². The summed E-state index contributed by atoms with van der Waals surface area (Å²) in [6, 6.07) is 3.69. The van der Waals surface area contributed by atoms with E-state index >= 15 is 0 Å². The van der Waals surface area contributed by atoms with E-state index in [1.807, 2.05) is 52.2 Å². The smallest absolute Gasteiger partial charge is 0.317 e. The molecule has 0 saturated heterocycles. The van der Waals surface area contributed by atoms with Crippen LogP contribution >= 0.6 is 0 Å². The van der Waals surface area contributed by atoms with Crippen LogP contribution in [0, 0.1) is 5.21 Å². The third kappa shape index (κ3) is 2.39. The Balaban J connectivity index is 2.35. The van der Waals surface area contributed by atoms with Crippen molar-refractivity contribution in [2.45, 2.75) is 65.1 Å². The number of amidine groups is 1. The molecule has 0 aliphatic carbocycles. The van der Waals surface area contributed by atoms with Crippen LogP contribution in [0.5, 0.6) is 0 Å². The van der Waals surface area contributed by atoms with Crippen LogP contribution in [0.2, 0.25) is 0 Å². The monoisotopic (exact) mass is 291 g/mol. The molecular formula is C16H25N3O2+. The van der Waals surface area contributed by atoms with Crippen LogP contribution in [0.15, 0.2) is 24.5 Å². The molecule has 5 nitrogen and oxygen atoms in total. The molecule has 0 aromatic carbocycles. The van der Waals surface area contributed by atoms with Crippen molar-refractivity contribution in [3.8, 4) is 0 Å². The highest BCUT2D eigenvalue weighted by molar-refractivity contribution is 5.95.